The lowest BCUT2D eigenvalue weighted by Gasteiger charge is -2.25. The van der Waals surface area contributed by atoms with Crippen LogP contribution in [0.15, 0.2) is 5.38 Å². The monoisotopic (exact) mass is 285 g/mol. The largest absolute Gasteiger partial charge is 0.388 e. The Morgan fingerprint density at radius 2 is 2.32 bits per heavy atom. The molecule has 1 unspecified atom stereocenters. The van der Waals surface area contributed by atoms with Gasteiger partial charge in [-0.15, -0.1) is 11.3 Å². The minimum atomic E-state index is -0.889. The minimum absolute atomic E-state index is 0.230. The van der Waals surface area contributed by atoms with Gasteiger partial charge < -0.3 is 16.2 Å². The van der Waals surface area contributed by atoms with Gasteiger partial charge in [0.15, 0.2) is 0 Å². The van der Waals surface area contributed by atoms with Crippen molar-refractivity contribution in [3.05, 3.63) is 16.1 Å². The highest BCUT2D eigenvalue weighted by atomic mass is 32.1. The molecular formula is C13H23N3O2S. The van der Waals surface area contributed by atoms with Crippen LogP contribution in [0.2, 0.25) is 0 Å². The molecule has 0 bridgehead atoms. The predicted molar refractivity (Wildman–Crippen MR) is 77.3 cm³/mol. The summed E-state index contributed by atoms with van der Waals surface area (Å²) in [6.45, 7) is 6.56. The van der Waals surface area contributed by atoms with Crippen molar-refractivity contribution < 1.29 is 9.90 Å². The molecule has 0 aliphatic carbocycles. The van der Waals surface area contributed by atoms with Gasteiger partial charge in [-0.05, 0) is 25.8 Å². The molecule has 0 saturated heterocycles. The van der Waals surface area contributed by atoms with E-state index in [4.69, 9.17) is 5.73 Å². The Morgan fingerprint density at radius 3 is 2.89 bits per heavy atom. The topological polar surface area (TPSA) is 88.2 Å². The standard InChI is InChI=1S/C13H23N3O2S/c1-9(2)6-13(3,18)8-15-12(17)10-7-19-11(16-10)4-5-14/h7,9,18H,4-6,8,14H2,1-3H3,(H,15,17). The summed E-state index contributed by atoms with van der Waals surface area (Å²) in [5, 5.41) is 15.4. The Morgan fingerprint density at radius 1 is 1.63 bits per heavy atom. The van der Waals surface area contributed by atoms with Crippen LogP contribution >= 0.6 is 11.3 Å². The van der Waals surface area contributed by atoms with Crippen LogP contribution in [-0.4, -0.2) is 34.7 Å². The maximum absolute atomic E-state index is 11.9. The van der Waals surface area contributed by atoms with Gasteiger partial charge in [-0.2, -0.15) is 0 Å². The van der Waals surface area contributed by atoms with E-state index in [0.29, 0.717) is 31.0 Å². The highest BCUT2D eigenvalue weighted by Crippen LogP contribution is 2.15. The molecule has 108 valence electrons. The van der Waals surface area contributed by atoms with E-state index in [0.717, 1.165) is 5.01 Å². The zero-order valence-electron chi connectivity index (χ0n) is 11.8. The molecule has 1 aromatic rings. The second kappa shape index (κ2) is 6.98. The van der Waals surface area contributed by atoms with Crippen LogP contribution < -0.4 is 11.1 Å². The molecule has 6 heteroatoms. The maximum Gasteiger partial charge on any atom is 0.270 e. The van der Waals surface area contributed by atoms with Crippen LogP contribution in [0, 0.1) is 5.92 Å². The van der Waals surface area contributed by atoms with E-state index < -0.39 is 5.60 Å². The number of aromatic nitrogens is 1. The van der Waals surface area contributed by atoms with Crippen molar-refractivity contribution in [2.75, 3.05) is 13.1 Å². The number of carbonyl (C=O) groups excluding carboxylic acids is 1. The number of hydrogen-bond donors (Lipinski definition) is 3. The Hall–Kier alpha value is -0.980. The molecule has 1 heterocycles. The molecule has 1 amide bonds. The third-order valence-corrected chi connectivity index (χ3v) is 3.53. The van der Waals surface area contributed by atoms with Gasteiger partial charge in [0.2, 0.25) is 0 Å². The van der Waals surface area contributed by atoms with Crippen LogP contribution in [0.1, 0.15) is 42.7 Å². The van der Waals surface area contributed by atoms with Gasteiger partial charge in [0, 0.05) is 18.3 Å². The average molecular weight is 285 g/mol. The lowest BCUT2D eigenvalue weighted by Crippen LogP contribution is -2.41. The average Bonchev–Trinajstić information content (AvgIpc) is 2.73. The number of rotatable bonds is 7. The van der Waals surface area contributed by atoms with Crippen LogP contribution in [0.5, 0.6) is 0 Å². The fraction of sp³-hybridized carbons (Fsp3) is 0.692. The fourth-order valence-electron chi connectivity index (χ4n) is 1.97. The van der Waals surface area contributed by atoms with E-state index in [9.17, 15) is 9.90 Å². The van der Waals surface area contributed by atoms with Crippen molar-refractivity contribution in [3.8, 4) is 0 Å². The summed E-state index contributed by atoms with van der Waals surface area (Å²) in [5.74, 6) is 0.130. The number of nitrogens with zero attached hydrogens (tertiary/aromatic N) is 1. The number of nitrogens with two attached hydrogens (primary N) is 1. The van der Waals surface area contributed by atoms with Crippen LogP contribution in [0.3, 0.4) is 0 Å². The number of hydrogen-bond acceptors (Lipinski definition) is 5. The normalized spacial score (nSPS) is 14.4. The molecule has 0 aromatic carbocycles. The van der Waals surface area contributed by atoms with E-state index in [1.54, 1.807) is 12.3 Å². The van der Waals surface area contributed by atoms with Crippen molar-refractivity contribution in [3.63, 3.8) is 0 Å². The van der Waals surface area contributed by atoms with E-state index in [1.165, 1.54) is 11.3 Å². The van der Waals surface area contributed by atoms with E-state index in [2.05, 4.69) is 10.3 Å². The number of amides is 1. The first-order valence-corrected chi connectivity index (χ1v) is 7.37. The molecular weight excluding hydrogens is 262 g/mol. The zero-order chi connectivity index (χ0) is 14.5. The second-order valence-electron chi connectivity index (χ2n) is 5.44. The molecule has 0 fully saturated rings. The second-order valence-corrected chi connectivity index (χ2v) is 6.39. The zero-order valence-corrected chi connectivity index (χ0v) is 12.6. The molecule has 0 spiro atoms. The maximum atomic E-state index is 11.9. The Balaban J connectivity index is 2.50. The number of nitrogens with one attached hydrogen (secondary N) is 1. The van der Waals surface area contributed by atoms with Gasteiger partial charge in [0.25, 0.3) is 5.91 Å². The number of aliphatic hydroxyl groups is 1. The number of thiazole rings is 1. The fourth-order valence-corrected chi connectivity index (χ4v) is 2.76. The molecule has 0 aliphatic rings. The van der Waals surface area contributed by atoms with Crippen molar-refractivity contribution in [1.29, 1.82) is 0 Å². The van der Waals surface area contributed by atoms with Crippen LogP contribution in [0.4, 0.5) is 0 Å². The van der Waals surface area contributed by atoms with Crippen LogP contribution in [-0.2, 0) is 6.42 Å². The summed E-state index contributed by atoms with van der Waals surface area (Å²) in [6, 6.07) is 0. The molecule has 0 radical (unpaired) electrons. The van der Waals surface area contributed by atoms with Gasteiger partial charge in [-0.1, -0.05) is 13.8 Å². The quantitative estimate of drug-likeness (QED) is 0.701. The SMILES string of the molecule is CC(C)CC(C)(O)CNC(=O)c1csc(CCN)n1. The molecule has 1 rings (SSSR count). The van der Waals surface area contributed by atoms with Gasteiger partial charge >= 0.3 is 0 Å². The van der Waals surface area contributed by atoms with Crippen molar-refractivity contribution in [1.82, 2.24) is 10.3 Å². The summed E-state index contributed by atoms with van der Waals surface area (Å²) < 4.78 is 0. The lowest BCUT2D eigenvalue weighted by atomic mass is 9.94. The van der Waals surface area contributed by atoms with Crippen molar-refractivity contribution >= 4 is 17.2 Å². The summed E-state index contributed by atoms with van der Waals surface area (Å²) in [6.07, 6.45) is 1.33. The van der Waals surface area contributed by atoms with E-state index >= 15 is 0 Å². The van der Waals surface area contributed by atoms with Gasteiger partial charge in [0.05, 0.1) is 10.6 Å². The van der Waals surface area contributed by atoms with Gasteiger partial charge in [0.1, 0.15) is 5.69 Å². The molecule has 0 aliphatic heterocycles. The van der Waals surface area contributed by atoms with Crippen LogP contribution in [0.25, 0.3) is 0 Å². The van der Waals surface area contributed by atoms with Crippen molar-refractivity contribution in [2.24, 2.45) is 11.7 Å². The molecule has 5 nitrogen and oxygen atoms in total. The Labute approximate surface area is 118 Å². The van der Waals surface area contributed by atoms with Gasteiger partial charge in [-0.3, -0.25) is 4.79 Å². The van der Waals surface area contributed by atoms with Gasteiger partial charge in [-0.25, -0.2) is 4.98 Å². The third kappa shape index (κ3) is 5.67. The lowest BCUT2D eigenvalue weighted by molar-refractivity contribution is 0.0367. The summed E-state index contributed by atoms with van der Waals surface area (Å²) in [5.41, 5.74) is 4.95. The van der Waals surface area contributed by atoms with E-state index in [1.807, 2.05) is 13.8 Å². The smallest absolute Gasteiger partial charge is 0.270 e. The first-order valence-electron chi connectivity index (χ1n) is 6.49. The third-order valence-electron chi connectivity index (χ3n) is 2.62. The first-order chi connectivity index (χ1) is 8.84. The summed E-state index contributed by atoms with van der Waals surface area (Å²) >= 11 is 1.43. The number of carbonyl (C=O) groups is 1. The molecule has 1 atom stereocenters. The summed E-state index contributed by atoms with van der Waals surface area (Å²) in [7, 11) is 0. The minimum Gasteiger partial charge on any atom is -0.388 e. The molecule has 4 N–H and O–H groups in total. The molecule has 0 saturated carbocycles. The Kier molecular flexibility index (Phi) is 5.90. The summed E-state index contributed by atoms with van der Waals surface area (Å²) in [4.78, 5) is 16.1. The molecule has 19 heavy (non-hydrogen) atoms. The predicted octanol–water partition coefficient (Wildman–Crippen LogP) is 1.17. The highest BCUT2D eigenvalue weighted by Gasteiger charge is 2.23. The highest BCUT2D eigenvalue weighted by molar-refractivity contribution is 7.09. The molecule has 1 aromatic heterocycles. The van der Waals surface area contributed by atoms with E-state index in [-0.39, 0.29) is 12.5 Å². The Bertz CT molecular complexity index is 416. The van der Waals surface area contributed by atoms with Crippen molar-refractivity contribution in [2.45, 2.75) is 39.2 Å². The first kappa shape index (κ1) is 16.1.